The molecule has 41 heavy (non-hydrogen) atoms. The maximum Gasteiger partial charge on any atom is 0.340 e. The molecule has 1 N–H and O–H groups in total. The first kappa shape index (κ1) is 27.2. The van der Waals surface area contributed by atoms with Crippen molar-refractivity contribution in [2.45, 2.75) is 44.1 Å². The Kier molecular flexibility index (Phi) is 7.60. The van der Waals surface area contributed by atoms with Gasteiger partial charge in [-0.15, -0.1) is 11.3 Å². The van der Waals surface area contributed by atoms with Crippen LogP contribution in [0.2, 0.25) is 0 Å². The largest absolute Gasteiger partial charge is 0.465 e. The zero-order valence-corrected chi connectivity index (χ0v) is 23.3. The van der Waals surface area contributed by atoms with E-state index in [1.54, 1.807) is 24.3 Å². The van der Waals surface area contributed by atoms with Crippen molar-refractivity contribution in [1.82, 2.24) is 9.97 Å². The van der Waals surface area contributed by atoms with Crippen LogP contribution in [0.25, 0.3) is 32.6 Å². The molecular weight excluding hydrogens is 542 g/mol. The highest BCUT2D eigenvalue weighted by molar-refractivity contribution is 7.18. The average Bonchev–Trinajstić information content (AvgIpc) is 3.67. The van der Waals surface area contributed by atoms with Crippen molar-refractivity contribution in [2.75, 3.05) is 7.11 Å². The van der Waals surface area contributed by atoms with Crippen molar-refractivity contribution in [1.29, 1.82) is 0 Å². The molecule has 5 aromatic rings. The SMILES string of the molecule is COC(=O)c1c(-c2ccc(F)cc2)nc(C2CCCC2)c(C(O)Cc2nc3ccccc3s2)c1-c1ccc(F)cc1. The number of carbonyl (C=O) groups excluding carboxylic acids is 1. The fraction of sp³-hybridized carbons (Fsp3) is 0.242. The molecule has 0 amide bonds. The van der Waals surface area contributed by atoms with Crippen LogP contribution < -0.4 is 0 Å². The monoisotopic (exact) mass is 570 g/mol. The Morgan fingerprint density at radius 3 is 2.22 bits per heavy atom. The van der Waals surface area contributed by atoms with Crippen molar-refractivity contribution in [3.05, 3.63) is 106 Å². The van der Waals surface area contributed by atoms with Gasteiger partial charge in [0.1, 0.15) is 11.6 Å². The minimum Gasteiger partial charge on any atom is -0.465 e. The van der Waals surface area contributed by atoms with E-state index in [1.807, 2.05) is 24.3 Å². The molecule has 3 aromatic carbocycles. The molecule has 0 spiro atoms. The maximum absolute atomic E-state index is 14.1. The normalized spacial score (nSPS) is 14.4. The van der Waals surface area contributed by atoms with Gasteiger partial charge in [-0.3, -0.25) is 4.98 Å². The lowest BCUT2D eigenvalue weighted by Crippen LogP contribution is -2.18. The van der Waals surface area contributed by atoms with Crippen LogP contribution in [-0.2, 0) is 11.2 Å². The van der Waals surface area contributed by atoms with Gasteiger partial charge in [0.2, 0.25) is 0 Å². The number of para-hydroxylation sites is 1. The minimum absolute atomic E-state index is 0.0557. The van der Waals surface area contributed by atoms with Crippen molar-refractivity contribution in [2.24, 2.45) is 0 Å². The molecule has 208 valence electrons. The Balaban J connectivity index is 1.63. The van der Waals surface area contributed by atoms with Crippen LogP contribution in [0.4, 0.5) is 8.78 Å². The number of hydrogen-bond donors (Lipinski definition) is 1. The number of aliphatic hydroxyl groups excluding tert-OH is 1. The van der Waals surface area contributed by atoms with Gasteiger partial charge in [0.05, 0.1) is 45.4 Å². The summed E-state index contributed by atoms with van der Waals surface area (Å²) >= 11 is 1.51. The molecule has 8 heteroatoms. The summed E-state index contributed by atoms with van der Waals surface area (Å²) < 4.78 is 34.3. The summed E-state index contributed by atoms with van der Waals surface area (Å²) in [5.74, 6) is -1.43. The number of rotatable bonds is 7. The number of fused-ring (bicyclic) bond motifs is 1. The Morgan fingerprint density at radius 1 is 0.951 bits per heavy atom. The fourth-order valence-electron chi connectivity index (χ4n) is 5.77. The number of thiazole rings is 1. The molecule has 2 aromatic heterocycles. The highest BCUT2D eigenvalue weighted by Crippen LogP contribution is 2.45. The molecule has 1 fully saturated rings. The molecule has 1 aliphatic carbocycles. The standard InChI is InChI=1S/C33H28F2N2O3S/c1-40-33(39)30-28(19-10-14-22(34)15-11-19)29(25(38)18-27-36-24-8-4-5-9-26(24)41-27)31(20-6-2-3-7-20)37-32(30)21-12-16-23(35)17-13-21/h4-5,8-17,20,25,38H,2-3,6-7,18H2,1H3. The summed E-state index contributed by atoms with van der Waals surface area (Å²) in [6.07, 6.45) is 2.98. The van der Waals surface area contributed by atoms with Gasteiger partial charge in [-0.2, -0.15) is 0 Å². The predicted octanol–water partition coefficient (Wildman–Crippen LogP) is 8.02. The van der Waals surface area contributed by atoms with Crippen LogP contribution in [0.1, 0.15) is 64.3 Å². The average molecular weight is 571 g/mol. The highest BCUT2D eigenvalue weighted by atomic mass is 32.1. The predicted molar refractivity (Wildman–Crippen MR) is 156 cm³/mol. The first-order valence-electron chi connectivity index (χ1n) is 13.6. The van der Waals surface area contributed by atoms with Crippen LogP contribution in [0.5, 0.6) is 0 Å². The van der Waals surface area contributed by atoms with E-state index in [-0.39, 0.29) is 17.9 Å². The van der Waals surface area contributed by atoms with E-state index in [0.29, 0.717) is 33.6 Å². The third-order valence-corrected chi connectivity index (χ3v) is 8.74. The van der Waals surface area contributed by atoms with Crippen LogP contribution in [0.15, 0.2) is 72.8 Å². The molecule has 6 rings (SSSR count). The molecule has 0 radical (unpaired) electrons. The number of ether oxygens (including phenoxy) is 1. The summed E-state index contributed by atoms with van der Waals surface area (Å²) in [5.41, 5.74) is 4.10. The van der Waals surface area contributed by atoms with E-state index in [4.69, 9.17) is 14.7 Å². The number of halogens is 2. The topological polar surface area (TPSA) is 72.3 Å². The van der Waals surface area contributed by atoms with E-state index in [2.05, 4.69) is 0 Å². The summed E-state index contributed by atoms with van der Waals surface area (Å²) in [5, 5.41) is 12.7. The van der Waals surface area contributed by atoms with Gasteiger partial charge in [-0.05, 0) is 66.9 Å². The lowest BCUT2D eigenvalue weighted by Gasteiger charge is -2.26. The molecular formula is C33H28F2N2O3S. The first-order valence-corrected chi connectivity index (χ1v) is 14.4. The zero-order valence-electron chi connectivity index (χ0n) is 22.4. The zero-order chi connectivity index (χ0) is 28.5. The quantitative estimate of drug-likeness (QED) is 0.201. The number of hydrogen-bond acceptors (Lipinski definition) is 6. The molecule has 1 aliphatic rings. The van der Waals surface area contributed by atoms with Crippen molar-refractivity contribution in [3.8, 4) is 22.4 Å². The van der Waals surface area contributed by atoms with Crippen LogP contribution in [0, 0.1) is 11.6 Å². The molecule has 0 bridgehead atoms. The van der Waals surface area contributed by atoms with Crippen molar-refractivity contribution < 1.29 is 23.4 Å². The minimum atomic E-state index is -1.05. The summed E-state index contributed by atoms with van der Waals surface area (Å²) in [4.78, 5) is 23.3. The van der Waals surface area contributed by atoms with Gasteiger partial charge in [0, 0.05) is 29.0 Å². The Labute approximate surface area is 240 Å². The molecule has 0 aliphatic heterocycles. The number of nitrogens with zero attached hydrogens (tertiary/aromatic N) is 2. The van der Waals surface area contributed by atoms with E-state index in [9.17, 15) is 18.7 Å². The van der Waals surface area contributed by atoms with Crippen LogP contribution in [-0.4, -0.2) is 28.2 Å². The number of pyridine rings is 1. The van der Waals surface area contributed by atoms with Gasteiger partial charge >= 0.3 is 5.97 Å². The van der Waals surface area contributed by atoms with Crippen molar-refractivity contribution >= 4 is 27.5 Å². The van der Waals surface area contributed by atoms with Gasteiger partial charge in [-0.1, -0.05) is 37.1 Å². The first-order chi connectivity index (χ1) is 19.9. The lowest BCUT2D eigenvalue weighted by atomic mass is 9.84. The second kappa shape index (κ2) is 11.5. The van der Waals surface area contributed by atoms with E-state index in [1.165, 1.54) is 42.7 Å². The molecule has 1 saturated carbocycles. The molecule has 5 nitrogen and oxygen atoms in total. The summed E-state index contributed by atoms with van der Waals surface area (Å²) in [7, 11) is 1.29. The molecule has 0 saturated heterocycles. The number of methoxy groups -OCH3 is 1. The Bertz CT molecular complexity index is 1680. The third kappa shape index (κ3) is 5.37. The second-order valence-electron chi connectivity index (χ2n) is 10.3. The number of esters is 1. The van der Waals surface area contributed by atoms with Crippen molar-refractivity contribution in [3.63, 3.8) is 0 Å². The van der Waals surface area contributed by atoms with Crippen LogP contribution in [0.3, 0.4) is 0 Å². The van der Waals surface area contributed by atoms with Gasteiger partial charge in [0.25, 0.3) is 0 Å². The Hall–Kier alpha value is -4.01. The van der Waals surface area contributed by atoms with Gasteiger partial charge < -0.3 is 9.84 Å². The molecule has 1 unspecified atom stereocenters. The number of aromatic nitrogens is 2. The smallest absolute Gasteiger partial charge is 0.340 e. The van der Waals surface area contributed by atoms with E-state index in [0.717, 1.165) is 40.9 Å². The molecule has 2 heterocycles. The van der Waals surface area contributed by atoms with E-state index < -0.39 is 23.7 Å². The second-order valence-corrected chi connectivity index (χ2v) is 11.4. The third-order valence-electron chi connectivity index (χ3n) is 7.69. The van der Waals surface area contributed by atoms with E-state index >= 15 is 0 Å². The number of aliphatic hydroxyl groups is 1. The van der Waals surface area contributed by atoms with Gasteiger partial charge in [-0.25, -0.2) is 18.6 Å². The fourth-order valence-corrected chi connectivity index (χ4v) is 6.78. The number of benzene rings is 3. The summed E-state index contributed by atoms with van der Waals surface area (Å²) in [6, 6.07) is 19.4. The summed E-state index contributed by atoms with van der Waals surface area (Å²) in [6.45, 7) is 0. The number of carbonyl (C=O) groups is 1. The molecule has 1 atom stereocenters. The Morgan fingerprint density at radius 2 is 1.59 bits per heavy atom. The maximum atomic E-state index is 14.1. The van der Waals surface area contributed by atoms with Crippen LogP contribution >= 0.6 is 11.3 Å². The van der Waals surface area contributed by atoms with Gasteiger partial charge in [0.15, 0.2) is 0 Å². The highest BCUT2D eigenvalue weighted by Gasteiger charge is 2.34. The lowest BCUT2D eigenvalue weighted by molar-refractivity contribution is 0.0601.